The maximum absolute atomic E-state index is 8.84. The predicted molar refractivity (Wildman–Crippen MR) is 236 cm³/mol. The van der Waals surface area contributed by atoms with Crippen LogP contribution in [0.2, 0.25) is 0 Å². The molecule has 268 valence electrons. The van der Waals surface area contributed by atoms with Crippen LogP contribution in [-0.4, -0.2) is 0 Å². The van der Waals surface area contributed by atoms with Crippen LogP contribution in [0.3, 0.4) is 0 Å². The topological polar surface area (TPSA) is 3.24 Å². The van der Waals surface area contributed by atoms with Crippen molar-refractivity contribution in [3.63, 3.8) is 0 Å². The number of hydrogen-bond acceptors (Lipinski definition) is 1. The minimum atomic E-state index is -0.580. The molecule has 57 heavy (non-hydrogen) atoms. The van der Waals surface area contributed by atoms with Gasteiger partial charge in [0.25, 0.3) is 0 Å². The molecule has 0 fully saturated rings. The van der Waals surface area contributed by atoms with Gasteiger partial charge in [0.1, 0.15) is 0 Å². The predicted octanol–water partition coefficient (Wildman–Crippen LogP) is 13.9. The summed E-state index contributed by atoms with van der Waals surface area (Å²) in [7, 11) is 0. The molecule has 9 aromatic carbocycles. The van der Waals surface area contributed by atoms with Crippen molar-refractivity contribution in [1.82, 2.24) is 0 Å². The second-order valence-electron chi connectivity index (χ2n) is 15.0. The molecule has 9 aromatic rings. The van der Waals surface area contributed by atoms with E-state index in [1.54, 1.807) is 6.07 Å². The number of benzene rings is 9. The first-order chi connectivity index (χ1) is 29.1. The number of para-hydroxylation sites is 1. The van der Waals surface area contributed by atoms with Crippen molar-refractivity contribution in [3.8, 4) is 22.3 Å². The van der Waals surface area contributed by atoms with Crippen LogP contribution in [0.1, 0.15) is 47.2 Å². The molecule has 0 atom stereocenters. The van der Waals surface area contributed by atoms with Gasteiger partial charge < -0.3 is 4.90 Å². The van der Waals surface area contributed by atoms with Gasteiger partial charge in [-0.3, -0.25) is 0 Å². The van der Waals surface area contributed by atoms with Crippen molar-refractivity contribution >= 4 is 17.1 Å². The summed E-state index contributed by atoms with van der Waals surface area (Å²) in [5, 5.41) is 0. The molecule has 0 radical (unpaired) electrons. The highest BCUT2D eigenvalue weighted by Crippen LogP contribution is 2.59. The van der Waals surface area contributed by atoms with Gasteiger partial charge in [-0.05, 0) is 103 Å². The Morgan fingerprint density at radius 3 is 1.00 bits per heavy atom. The van der Waals surface area contributed by atoms with E-state index >= 15 is 0 Å². The van der Waals surface area contributed by atoms with Crippen molar-refractivity contribution in [3.05, 3.63) is 281 Å². The van der Waals surface area contributed by atoms with E-state index in [1.807, 2.05) is 12.1 Å². The number of nitrogens with zero attached hydrogens (tertiary/aromatic N) is 1. The molecule has 0 heterocycles. The van der Waals surface area contributed by atoms with Crippen LogP contribution in [0.15, 0.2) is 237 Å². The van der Waals surface area contributed by atoms with Crippen molar-refractivity contribution in [1.29, 1.82) is 0 Å². The van der Waals surface area contributed by atoms with Crippen molar-refractivity contribution in [2.45, 2.75) is 10.8 Å². The Morgan fingerprint density at radius 2 is 0.614 bits per heavy atom. The maximum atomic E-state index is 8.84. The standard InChI is InChI=1S/C56H39N/c1-6-20-40(21-7-1)55(41-22-8-2-9-23-41)51-32-18-16-30-47(51)49-36-34-45(38-53(49)55)57(44-28-14-5-15-29-44)46-35-37-50-48-31-17-19-33-52(48)56(54(50)39-46,42-24-10-3-11-25-42)43-26-12-4-13-27-43/h1-39H/i14D,15D. The van der Waals surface area contributed by atoms with Gasteiger partial charge >= 0.3 is 0 Å². The van der Waals surface area contributed by atoms with Crippen LogP contribution in [0.25, 0.3) is 22.3 Å². The lowest BCUT2D eigenvalue weighted by Gasteiger charge is -2.36. The average molecular weight is 728 g/mol. The van der Waals surface area contributed by atoms with Crippen LogP contribution in [-0.2, 0) is 10.8 Å². The summed E-state index contributed by atoms with van der Waals surface area (Å²) >= 11 is 0. The number of anilines is 3. The molecule has 1 heteroatoms. The second kappa shape index (κ2) is 13.2. The first-order valence-corrected chi connectivity index (χ1v) is 19.7. The molecule has 0 aromatic heterocycles. The molecule has 0 saturated carbocycles. The summed E-state index contributed by atoms with van der Waals surface area (Å²) in [4.78, 5) is 2.25. The van der Waals surface area contributed by atoms with Crippen molar-refractivity contribution in [2.75, 3.05) is 4.90 Å². The molecule has 2 aliphatic carbocycles. The van der Waals surface area contributed by atoms with E-state index in [2.05, 4.69) is 211 Å². The van der Waals surface area contributed by atoms with E-state index in [4.69, 9.17) is 2.74 Å². The molecule has 0 aliphatic heterocycles. The Hall–Kier alpha value is -7.22. The molecule has 11 rings (SSSR count). The third-order valence-corrected chi connectivity index (χ3v) is 12.3. The van der Waals surface area contributed by atoms with Crippen molar-refractivity contribution in [2.24, 2.45) is 0 Å². The Morgan fingerprint density at radius 1 is 0.281 bits per heavy atom. The fourth-order valence-corrected chi connectivity index (χ4v) is 10.1. The highest BCUT2D eigenvalue weighted by molar-refractivity contribution is 5.92. The van der Waals surface area contributed by atoms with Crippen LogP contribution in [0.4, 0.5) is 17.1 Å². The monoisotopic (exact) mass is 727 g/mol. The van der Waals surface area contributed by atoms with Crippen LogP contribution < -0.4 is 4.90 Å². The summed E-state index contributed by atoms with van der Waals surface area (Å²) in [6, 6.07) is 80.8. The zero-order chi connectivity index (χ0) is 39.6. The third-order valence-electron chi connectivity index (χ3n) is 12.3. The lowest BCUT2D eigenvalue weighted by molar-refractivity contribution is 0.767. The first-order valence-electron chi connectivity index (χ1n) is 20.7. The fraction of sp³-hybridized carbons (Fsp3) is 0.0357. The van der Waals surface area contributed by atoms with Crippen molar-refractivity contribution < 1.29 is 2.74 Å². The molecule has 0 amide bonds. The molecule has 2 aliphatic rings. The summed E-state index contributed by atoms with van der Waals surface area (Å²) in [5.41, 5.74) is 16.1. The average Bonchev–Trinajstić information content (AvgIpc) is 3.75. The van der Waals surface area contributed by atoms with E-state index in [0.717, 1.165) is 17.1 Å². The summed E-state index contributed by atoms with van der Waals surface area (Å²) in [5.74, 6) is 0. The van der Waals surface area contributed by atoms with E-state index in [9.17, 15) is 0 Å². The lowest BCUT2D eigenvalue weighted by atomic mass is 9.67. The van der Waals surface area contributed by atoms with E-state index in [1.165, 1.54) is 66.8 Å². The van der Waals surface area contributed by atoms with Gasteiger partial charge in [0.2, 0.25) is 0 Å². The smallest absolute Gasteiger partial charge is 0.0714 e. The first kappa shape index (κ1) is 31.0. The lowest BCUT2D eigenvalue weighted by Crippen LogP contribution is -2.29. The van der Waals surface area contributed by atoms with Gasteiger partial charge in [-0.25, -0.2) is 0 Å². The van der Waals surface area contributed by atoms with Crippen LogP contribution in [0, 0.1) is 0 Å². The fourth-order valence-electron chi connectivity index (χ4n) is 10.1. The quantitative estimate of drug-likeness (QED) is 0.158. The number of rotatable bonds is 7. The molecule has 0 spiro atoms. The summed E-state index contributed by atoms with van der Waals surface area (Å²) in [6.45, 7) is 0. The van der Waals surface area contributed by atoms with Crippen LogP contribution in [0.5, 0.6) is 0 Å². The SMILES string of the molecule is [2H]c1cc([2H])cc(N(c2ccc3c(c2)C(c2ccccc2)(c2ccccc2)c2ccccc2-3)c2ccc3c(c2)C(c2ccccc2)(c2ccccc2)c2ccccc2-3)c1. The van der Waals surface area contributed by atoms with Gasteiger partial charge in [0.05, 0.1) is 13.6 Å². The highest BCUT2D eigenvalue weighted by Gasteiger charge is 2.48. The number of fused-ring (bicyclic) bond motifs is 6. The molecule has 0 saturated heterocycles. The second-order valence-corrected chi connectivity index (χ2v) is 15.0. The molecular formula is C56H39N. The summed E-state index contributed by atoms with van der Waals surface area (Å²) in [6.07, 6.45) is 0. The zero-order valence-corrected chi connectivity index (χ0v) is 31.3. The highest BCUT2D eigenvalue weighted by atomic mass is 15.1. The van der Waals surface area contributed by atoms with Gasteiger partial charge in [0, 0.05) is 17.1 Å². The molecule has 1 nitrogen and oxygen atoms in total. The minimum Gasteiger partial charge on any atom is -0.310 e. The van der Waals surface area contributed by atoms with Gasteiger partial charge in [0.15, 0.2) is 0 Å². The Balaban J connectivity index is 1.20. The van der Waals surface area contributed by atoms with E-state index in [-0.39, 0.29) is 0 Å². The van der Waals surface area contributed by atoms with Gasteiger partial charge in [-0.1, -0.05) is 200 Å². The Bertz CT molecular complexity index is 2730. The minimum absolute atomic E-state index is 0.297. The molecule has 0 N–H and O–H groups in total. The largest absolute Gasteiger partial charge is 0.310 e. The summed E-state index contributed by atoms with van der Waals surface area (Å²) < 4.78 is 17.7. The Labute approximate surface area is 337 Å². The van der Waals surface area contributed by atoms with Gasteiger partial charge in [-0.2, -0.15) is 0 Å². The number of hydrogen-bond donors (Lipinski definition) is 0. The molecular weight excluding hydrogens is 687 g/mol. The normalized spacial score (nSPS) is 14.4. The third kappa shape index (κ3) is 4.82. The zero-order valence-electron chi connectivity index (χ0n) is 33.3. The van der Waals surface area contributed by atoms with E-state index in [0.29, 0.717) is 12.1 Å². The molecule has 0 bridgehead atoms. The van der Waals surface area contributed by atoms with E-state index < -0.39 is 10.8 Å². The Kier molecular flexibility index (Phi) is 7.20. The maximum Gasteiger partial charge on any atom is 0.0714 e. The van der Waals surface area contributed by atoms with Gasteiger partial charge in [-0.15, -0.1) is 0 Å². The molecule has 0 unspecified atom stereocenters. The van der Waals surface area contributed by atoms with Crippen LogP contribution >= 0.6 is 0 Å².